The van der Waals surface area contributed by atoms with Crippen LogP contribution >= 0.6 is 0 Å². The minimum absolute atomic E-state index is 0.0413. The molecule has 0 bridgehead atoms. The van der Waals surface area contributed by atoms with E-state index < -0.39 is 0 Å². The van der Waals surface area contributed by atoms with Crippen molar-refractivity contribution in [3.8, 4) is 0 Å². The van der Waals surface area contributed by atoms with Crippen LogP contribution in [0.1, 0.15) is 48.3 Å². The first-order valence-electron chi connectivity index (χ1n) is 10.4. The van der Waals surface area contributed by atoms with Gasteiger partial charge in [-0.1, -0.05) is 38.1 Å². The lowest BCUT2D eigenvalue weighted by Gasteiger charge is -2.35. The van der Waals surface area contributed by atoms with Gasteiger partial charge in [0, 0.05) is 44.5 Å². The first-order valence-corrected chi connectivity index (χ1v) is 10.4. The molecule has 1 aliphatic heterocycles. The number of carbonyl (C=O) groups excluding carboxylic acids is 1. The van der Waals surface area contributed by atoms with Crippen molar-refractivity contribution in [3.05, 3.63) is 52.3 Å². The van der Waals surface area contributed by atoms with E-state index in [1.807, 2.05) is 25.6 Å². The highest BCUT2D eigenvalue weighted by molar-refractivity contribution is 5.79. The van der Waals surface area contributed by atoms with Crippen LogP contribution < -0.4 is 5.32 Å². The van der Waals surface area contributed by atoms with E-state index in [2.05, 4.69) is 53.4 Å². The number of nitrogens with one attached hydrogen (secondary N) is 1. The van der Waals surface area contributed by atoms with E-state index in [0.717, 1.165) is 40.9 Å². The Hall–Kier alpha value is -2.14. The lowest BCUT2D eigenvalue weighted by molar-refractivity contribution is -0.120. The van der Waals surface area contributed by atoms with Crippen LogP contribution in [-0.2, 0) is 31.4 Å². The number of nitrogens with zero attached hydrogens (tertiary/aromatic N) is 3. The van der Waals surface area contributed by atoms with Crippen molar-refractivity contribution in [2.45, 2.75) is 53.6 Å². The summed E-state index contributed by atoms with van der Waals surface area (Å²) in [6.07, 6.45) is 1.72. The number of benzene rings is 1. The summed E-state index contributed by atoms with van der Waals surface area (Å²) in [5, 5.41) is 7.42. The Labute approximate surface area is 169 Å². The molecule has 3 rings (SSSR count). The summed E-state index contributed by atoms with van der Waals surface area (Å²) in [5.74, 6) is 1.61. The minimum Gasteiger partial charge on any atom is -0.352 e. The van der Waals surface area contributed by atoms with Crippen LogP contribution in [0.2, 0.25) is 0 Å². The molecule has 2 heterocycles. The molecule has 28 heavy (non-hydrogen) atoms. The van der Waals surface area contributed by atoms with Gasteiger partial charge in [-0.15, -0.1) is 0 Å². The summed E-state index contributed by atoms with van der Waals surface area (Å²) in [7, 11) is 1.91. The van der Waals surface area contributed by atoms with Crippen molar-refractivity contribution in [1.29, 1.82) is 0 Å². The van der Waals surface area contributed by atoms with Gasteiger partial charge in [0.1, 0.15) is 0 Å². The number of piperidine rings is 1. The van der Waals surface area contributed by atoms with E-state index in [0.29, 0.717) is 13.0 Å². The topological polar surface area (TPSA) is 50.2 Å². The maximum atomic E-state index is 12.3. The summed E-state index contributed by atoms with van der Waals surface area (Å²) in [5.41, 5.74) is 5.50. The Bertz CT molecular complexity index is 799. The van der Waals surface area contributed by atoms with Crippen LogP contribution in [-0.4, -0.2) is 33.7 Å². The standard InChI is InChI=1S/C23H34N4O/c1-16-10-17(2)14-27(13-16)15-21-8-6-20(7-9-21)12-24-23(28)11-22-18(3)25-26(5)19(22)4/h6-9,16-17H,10-15H2,1-5H3,(H,24,28)/t16-,17-/m1/s1. The largest absolute Gasteiger partial charge is 0.352 e. The van der Waals surface area contributed by atoms with Gasteiger partial charge in [-0.25, -0.2) is 0 Å². The van der Waals surface area contributed by atoms with Gasteiger partial charge < -0.3 is 5.32 Å². The quantitative estimate of drug-likeness (QED) is 0.833. The molecule has 2 atom stereocenters. The smallest absolute Gasteiger partial charge is 0.224 e. The van der Waals surface area contributed by atoms with Crippen LogP contribution in [0.4, 0.5) is 0 Å². The van der Waals surface area contributed by atoms with Crippen molar-refractivity contribution >= 4 is 5.91 Å². The Kier molecular flexibility index (Phi) is 6.55. The molecule has 1 aromatic carbocycles. The molecule has 1 saturated heterocycles. The van der Waals surface area contributed by atoms with Gasteiger partial charge in [0.05, 0.1) is 12.1 Å². The second kappa shape index (κ2) is 8.91. The second-order valence-corrected chi connectivity index (χ2v) is 8.68. The normalized spacial score (nSPS) is 20.3. The van der Waals surface area contributed by atoms with Crippen LogP contribution in [0.5, 0.6) is 0 Å². The number of hydrogen-bond acceptors (Lipinski definition) is 3. The highest BCUT2D eigenvalue weighted by atomic mass is 16.1. The Balaban J connectivity index is 1.49. The maximum absolute atomic E-state index is 12.3. The third-order valence-corrected chi connectivity index (χ3v) is 5.86. The summed E-state index contributed by atoms with van der Waals surface area (Å²) in [4.78, 5) is 14.9. The van der Waals surface area contributed by atoms with E-state index in [4.69, 9.17) is 0 Å². The highest BCUT2D eigenvalue weighted by Gasteiger charge is 2.21. The van der Waals surface area contributed by atoms with Gasteiger partial charge in [-0.3, -0.25) is 14.4 Å². The first kappa shape index (κ1) is 20.6. The average molecular weight is 383 g/mol. The molecule has 5 nitrogen and oxygen atoms in total. The summed E-state index contributed by atoms with van der Waals surface area (Å²) in [6.45, 7) is 12.6. The average Bonchev–Trinajstić information content (AvgIpc) is 2.86. The molecule has 152 valence electrons. The zero-order valence-electron chi connectivity index (χ0n) is 18.0. The summed E-state index contributed by atoms with van der Waals surface area (Å²) in [6, 6.07) is 8.65. The number of aromatic nitrogens is 2. The van der Waals surface area contributed by atoms with Gasteiger partial charge in [0.25, 0.3) is 0 Å². The molecule has 0 saturated carbocycles. The number of likely N-dealkylation sites (tertiary alicyclic amines) is 1. The number of rotatable bonds is 6. The predicted octanol–water partition coefficient (Wildman–Crippen LogP) is 3.37. The predicted molar refractivity (Wildman–Crippen MR) is 113 cm³/mol. The van der Waals surface area contributed by atoms with E-state index >= 15 is 0 Å². The van der Waals surface area contributed by atoms with Gasteiger partial charge in [0.15, 0.2) is 0 Å². The van der Waals surface area contributed by atoms with Crippen molar-refractivity contribution in [2.75, 3.05) is 13.1 Å². The van der Waals surface area contributed by atoms with Crippen LogP contribution in [0.3, 0.4) is 0 Å². The molecular weight excluding hydrogens is 348 g/mol. The number of aryl methyl sites for hydroxylation is 2. The third-order valence-electron chi connectivity index (χ3n) is 5.86. The molecule has 0 aliphatic carbocycles. The molecule has 1 aliphatic rings. The first-order chi connectivity index (χ1) is 13.3. The molecule has 1 amide bonds. The molecule has 5 heteroatoms. The van der Waals surface area contributed by atoms with Gasteiger partial charge >= 0.3 is 0 Å². The molecule has 0 radical (unpaired) electrons. The van der Waals surface area contributed by atoms with E-state index in [1.54, 1.807) is 0 Å². The Morgan fingerprint density at radius 3 is 2.29 bits per heavy atom. The van der Waals surface area contributed by atoms with E-state index in [9.17, 15) is 4.79 Å². The number of amides is 1. The lowest BCUT2D eigenvalue weighted by Crippen LogP contribution is -2.38. The Morgan fingerprint density at radius 2 is 1.71 bits per heavy atom. The summed E-state index contributed by atoms with van der Waals surface area (Å²) < 4.78 is 1.83. The second-order valence-electron chi connectivity index (χ2n) is 8.68. The van der Waals surface area contributed by atoms with Crippen LogP contribution in [0, 0.1) is 25.7 Å². The minimum atomic E-state index is 0.0413. The zero-order valence-corrected chi connectivity index (χ0v) is 18.0. The highest BCUT2D eigenvalue weighted by Crippen LogP contribution is 2.22. The zero-order chi connectivity index (χ0) is 20.3. The molecule has 1 aromatic heterocycles. The van der Waals surface area contributed by atoms with Crippen molar-refractivity contribution < 1.29 is 4.79 Å². The van der Waals surface area contributed by atoms with Gasteiger partial charge in [-0.2, -0.15) is 5.10 Å². The fourth-order valence-electron chi connectivity index (χ4n) is 4.44. The van der Waals surface area contributed by atoms with E-state index in [1.165, 1.54) is 25.1 Å². The molecule has 1 N–H and O–H groups in total. The molecule has 1 fully saturated rings. The van der Waals surface area contributed by atoms with Crippen LogP contribution in [0.15, 0.2) is 24.3 Å². The third kappa shape index (κ3) is 5.22. The van der Waals surface area contributed by atoms with Crippen molar-refractivity contribution in [2.24, 2.45) is 18.9 Å². The van der Waals surface area contributed by atoms with Crippen molar-refractivity contribution in [1.82, 2.24) is 20.0 Å². The fraction of sp³-hybridized carbons (Fsp3) is 0.565. The summed E-state index contributed by atoms with van der Waals surface area (Å²) >= 11 is 0. The maximum Gasteiger partial charge on any atom is 0.224 e. The fourth-order valence-corrected chi connectivity index (χ4v) is 4.44. The van der Waals surface area contributed by atoms with Crippen molar-refractivity contribution in [3.63, 3.8) is 0 Å². The van der Waals surface area contributed by atoms with Crippen LogP contribution in [0.25, 0.3) is 0 Å². The van der Waals surface area contributed by atoms with E-state index in [-0.39, 0.29) is 5.91 Å². The SMILES string of the molecule is Cc1nn(C)c(C)c1CC(=O)NCc1ccc(CN2C[C@H](C)C[C@@H](C)C2)cc1. The molecule has 0 spiro atoms. The molecule has 0 unspecified atom stereocenters. The van der Waals surface area contributed by atoms with Gasteiger partial charge in [0.2, 0.25) is 5.91 Å². The monoisotopic (exact) mass is 382 g/mol. The molecule has 2 aromatic rings. The van der Waals surface area contributed by atoms with Gasteiger partial charge in [-0.05, 0) is 43.2 Å². The Morgan fingerprint density at radius 1 is 1.11 bits per heavy atom. The number of carbonyl (C=O) groups is 1. The lowest BCUT2D eigenvalue weighted by atomic mass is 9.91. The number of hydrogen-bond donors (Lipinski definition) is 1. The molecular formula is C23H34N4O.